The van der Waals surface area contributed by atoms with Crippen LogP contribution in [0.3, 0.4) is 0 Å². The standard InChI is InChI=1S/C14H15Cl2NO4/c1-14(2,3)11(18)10(16)12(19)17-9-6-7(13(20)21)4-5-8(9)15/h4-6,10H,1-3H3,(H,17,19)(H,20,21). The van der Waals surface area contributed by atoms with Gasteiger partial charge in [0.15, 0.2) is 11.2 Å². The predicted octanol–water partition coefficient (Wildman–Crippen LogP) is 3.20. The van der Waals surface area contributed by atoms with Crippen molar-refractivity contribution in [2.24, 2.45) is 5.41 Å². The molecule has 0 aromatic heterocycles. The molecule has 0 saturated heterocycles. The molecule has 0 saturated carbocycles. The number of halogens is 2. The van der Waals surface area contributed by atoms with Crippen LogP contribution in [0, 0.1) is 5.41 Å². The van der Waals surface area contributed by atoms with Crippen LogP contribution in [-0.2, 0) is 9.59 Å². The quantitative estimate of drug-likeness (QED) is 0.655. The molecule has 0 aliphatic carbocycles. The second-order valence-corrected chi connectivity index (χ2v) is 6.31. The number of aromatic carboxylic acids is 1. The lowest BCUT2D eigenvalue weighted by Gasteiger charge is -2.20. The molecule has 21 heavy (non-hydrogen) atoms. The predicted molar refractivity (Wildman–Crippen MR) is 81.1 cm³/mol. The summed E-state index contributed by atoms with van der Waals surface area (Å²) >= 11 is 11.7. The van der Waals surface area contributed by atoms with Gasteiger partial charge in [-0.15, -0.1) is 11.6 Å². The van der Waals surface area contributed by atoms with Crippen molar-refractivity contribution in [1.29, 1.82) is 0 Å². The number of benzene rings is 1. The van der Waals surface area contributed by atoms with Gasteiger partial charge in [-0.05, 0) is 18.2 Å². The highest BCUT2D eigenvalue weighted by Gasteiger charge is 2.33. The summed E-state index contributed by atoms with van der Waals surface area (Å²) in [6, 6.07) is 3.85. The molecule has 114 valence electrons. The molecule has 0 radical (unpaired) electrons. The Morgan fingerprint density at radius 2 is 1.81 bits per heavy atom. The van der Waals surface area contributed by atoms with E-state index in [0.717, 1.165) is 0 Å². The summed E-state index contributed by atoms with van der Waals surface area (Å²) in [7, 11) is 0. The Morgan fingerprint density at radius 3 is 2.29 bits per heavy atom. The van der Waals surface area contributed by atoms with Crippen molar-refractivity contribution >= 4 is 46.5 Å². The average molecular weight is 332 g/mol. The lowest BCUT2D eigenvalue weighted by Crippen LogP contribution is -2.37. The molecule has 1 rings (SSSR count). The van der Waals surface area contributed by atoms with Gasteiger partial charge in [-0.1, -0.05) is 32.4 Å². The molecule has 1 amide bonds. The van der Waals surface area contributed by atoms with Crippen molar-refractivity contribution in [1.82, 2.24) is 0 Å². The van der Waals surface area contributed by atoms with Crippen LogP contribution >= 0.6 is 23.2 Å². The third-order valence-corrected chi connectivity index (χ3v) is 3.40. The van der Waals surface area contributed by atoms with Gasteiger partial charge in [0.2, 0.25) is 5.91 Å². The SMILES string of the molecule is CC(C)(C)C(=O)C(Cl)C(=O)Nc1cc(C(=O)O)ccc1Cl. The molecule has 0 aliphatic heterocycles. The summed E-state index contributed by atoms with van der Waals surface area (Å²) in [5.74, 6) is -2.34. The molecule has 2 N–H and O–H groups in total. The van der Waals surface area contributed by atoms with E-state index in [2.05, 4.69) is 5.32 Å². The van der Waals surface area contributed by atoms with Gasteiger partial charge in [0.25, 0.3) is 0 Å². The second kappa shape index (κ2) is 6.45. The number of carbonyl (C=O) groups excluding carboxylic acids is 2. The van der Waals surface area contributed by atoms with Crippen LogP contribution in [0.1, 0.15) is 31.1 Å². The van der Waals surface area contributed by atoms with Crippen LogP contribution in [0.15, 0.2) is 18.2 Å². The fourth-order valence-corrected chi connectivity index (χ4v) is 2.00. The average Bonchev–Trinajstić information content (AvgIpc) is 2.38. The summed E-state index contributed by atoms with van der Waals surface area (Å²) in [5.41, 5.74) is -0.715. The van der Waals surface area contributed by atoms with Crippen LogP contribution in [0.25, 0.3) is 0 Å². The third kappa shape index (κ3) is 4.44. The Bertz CT molecular complexity index is 593. The highest BCUT2D eigenvalue weighted by molar-refractivity contribution is 6.44. The van der Waals surface area contributed by atoms with E-state index >= 15 is 0 Å². The highest BCUT2D eigenvalue weighted by Crippen LogP contribution is 2.25. The monoisotopic (exact) mass is 331 g/mol. The molecular weight excluding hydrogens is 317 g/mol. The van der Waals surface area contributed by atoms with Gasteiger partial charge in [0, 0.05) is 5.41 Å². The van der Waals surface area contributed by atoms with E-state index < -0.39 is 28.5 Å². The van der Waals surface area contributed by atoms with E-state index in [9.17, 15) is 14.4 Å². The Hall–Kier alpha value is -1.59. The minimum atomic E-state index is -1.38. The fraction of sp³-hybridized carbons (Fsp3) is 0.357. The molecule has 0 fully saturated rings. The van der Waals surface area contributed by atoms with Crippen molar-refractivity contribution in [3.05, 3.63) is 28.8 Å². The fourth-order valence-electron chi connectivity index (χ4n) is 1.45. The molecule has 0 aliphatic rings. The van der Waals surface area contributed by atoms with E-state index in [1.807, 2.05) is 0 Å². The molecule has 0 bridgehead atoms. The zero-order valence-electron chi connectivity index (χ0n) is 11.7. The van der Waals surface area contributed by atoms with E-state index in [4.69, 9.17) is 28.3 Å². The Balaban J connectivity index is 2.96. The Morgan fingerprint density at radius 1 is 1.24 bits per heavy atom. The lowest BCUT2D eigenvalue weighted by molar-refractivity contribution is -0.130. The molecule has 5 nitrogen and oxygen atoms in total. The summed E-state index contributed by atoms with van der Waals surface area (Å²) in [6.45, 7) is 4.95. The zero-order valence-corrected chi connectivity index (χ0v) is 13.2. The third-order valence-electron chi connectivity index (χ3n) is 2.67. The van der Waals surface area contributed by atoms with E-state index in [1.165, 1.54) is 18.2 Å². The van der Waals surface area contributed by atoms with Crippen molar-refractivity contribution in [2.45, 2.75) is 26.1 Å². The molecule has 1 atom stereocenters. The molecule has 1 unspecified atom stereocenters. The lowest BCUT2D eigenvalue weighted by atomic mass is 9.88. The van der Waals surface area contributed by atoms with Gasteiger partial charge in [0.1, 0.15) is 0 Å². The number of anilines is 1. The normalized spacial score (nSPS) is 12.6. The molecule has 1 aromatic carbocycles. The summed E-state index contributed by atoms with van der Waals surface area (Å²) in [5, 5.41) is 10.0. The van der Waals surface area contributed by atoms with Gasteiger partial charge in [-0.3, -0.25) is 9.59 Å². The number of alkyl halides is 1. The summed E-state index contributed by atoms with van der Waals surface area (Å²) in [4.78, 5) is 34.8. The van der Waals surface area contributed by atoms with Crippen molar-refractivity contribution < 1.29 is 19.5 Å². The van der Waals surface area contributed by atoms with Gasteiger partial charge in [0.05, 0.1) is 16.3 Å². The maximum absolute atomic E-state index is 12.0. The zero-order chi connectivity index (χ0) is 16.4. The smallest absolute Gasteiger partial charge is 0.335 e. The minimum Gasteiger partial charge on any atom is -0.478 e. The van der Waals surface area contributed by atoms with Gasteiger partial charge >= 0.3 is 5.97 Å². The van der Waals surface area contributed by atoms with Crippen molar-refractivity contribution in [3.63, 3.8) is 0 Å². The number of nitrogens with one attached hydrogen (secondary N) is 1. The Labute approximate surface area is 132 Å². The number of hydrogen-bond donors (Lipinski definition) is 2. The molecular formula is C14H15Cl2NO4. The first kappa shape index (κ1) is 17.5. The summed E-state index contributed by atoms with van der Waals surface area (Å²) < 4.78 is 0. The van der Waals surface area contributed by atoms with Crippen LogP contribution in [-0.4, -0.2) is 28.1 Å². The van der Waals surface area contributed by atoms with E-state index in [0.29, 0.717) is 0 Å². The highest BCUT2D eigenvalue weighted by atomic mass is 35.5. The van der Waals surface area contributed by atoms with Gasteiger partial charge < -0.3 is 10.4 Å². The Kier molecular flexibility index (Phi) is 5.36. The van der Waals surface area contributed by atoms with Crippen LogP contribution in [0.4, 0.5) is 5.69 Å². The van der Waals surface area contributed by atoms with E-state index in [1.54, 1.807) is 20.8 Å². The number of amides is 1. The van der Waals surface area contributed by atoms with Gasteiger partial charge in [-0.2, -0.15) is 0 Å². The molecule has 7 heteroatoms. The van der Waals surface area contributed by atoms with Gasteiger partial charge in [-0.25, -0.2) is 4.79 Å². The number of Topliss-reactive ketones (excluding diaryl/α,β-unsaturated/α-hetero) is 1. The molecule has 1 aromatic rings. The van der Waals surface area contributed by atoms with Crippen molar-refractivity contribution in [3.8, 4) is 0 Å². The number of hydrogen-bond acceptors (Lipinski definition) is 3. The maximum Gasteiger partial charge on any atom is 0.335 e. The number of carboxylic acid groups (broad SMARTS) is 1. The summed E-state index contributed by atoms with van der Waals surface area (Å²) in [6.07, 6.45) is 0. The first-order chi connectivity index (χ1) is 9.54. The molecule has 0 spiro atoms. The number of ketones is 1. The van der Waals surface area contributed by atoms with Crippen LogP contribution in [0.5, 0.6) is 0 Å². The topological polar surface area (TPSA) is 83.5 Å². The first-order valence-electron chi connectivity index (χ1n) is 6.06. The van der Waals surface area contributed by atoms with Crippen LogP contribution in [0.2, 0.25) is 5.02 Å². The minimum absolute atomic E-state index is 0.0389. The molecule has 0 heterocycles. The maximum atomic E-state index is 12.0. The number of rotatable bonds is 4. The second-order valence-electron chi connectivity index (χ2n) is 5.47. The van der Waals surface area contributed by atoms with E-state index in [-0.39, 0.29) is 16.3 Å². The largest absolute Gasteiger partial charge is 0.478 e. The van der Waals surface area contributed by atoms with Crippen LogP contribution < -0.4 is 5.32 Å². The first-order valence-corrected chi connectivity index (χ1v) is 6.87. The number of carboxylic acids is 1. The number of carbonyl (C=O) groups is 3. The van der Waals surface area contributed by atoms with Crippen molar-refractivity contribution in [2.75, 3.05) is 5.32 Å².